The molecule has 0 saturated carbocycles. The fourth-order valence-corrected chi connectivity index (χ4v) is 5.06. The van der Waals surface area contributed by atoms with Gasteiger partial charge in [0.2, 0.25) is 0 Å². The minimum atomic E-state index is -0.528. The van der Waals surface area contributed by atoms with Gasteiger partial charge in [-0.15, -0.1) is 0 Å². The van der Waals surface area contributed by atoms with Gasteiger partial charge in [0.15, 0.2) is 0 Å². The summed E-state index contributed by atoms with van der Waals surface area (Å²) in [6.45, 7) is 4.88. The van der Waals surface area contributed by atoms with Crippen LogP contribution in [0.15, 0.2) is 18.2 Å². The van der Waals surface area contributed by atoms with Crippen molar-refractivity contribution in [2.75, 3.05) is 44.5 Å². The molecule has 0 radical (unpaired) electrons. The quantitative estimate of drug-likeness (QED) is 0.785. The molecule has 0 aromatic heterocycles. The third-order valence-electron chi connectivity index (χ3n) is 6.90. The van der Waals surface area contributed by atoms with E-state index in [2.05, 4.69) is 10.2 Å². The highest BCUT2D eigenvalue weighted by molar-refractivity contribution is 6.21. The summed E-state index contributed by atoms with van der Waals surface area (Å²) >= 11 is 0. The summed E-state index contributed by atoms with van der Waals surface area (Å²) in [7, 11) is 0. The van der Waals surface area contributed by atoms with E-state index < -0.39 is 6.23 Å². The van der Waals surface area contributed by atoms with Crippen molar-refractivity contribution in [3.63, 3.8) is 0 Å². The molecule has 3 saturated heterocycles. The summed E-state index contributed by atoms with van der Waals surface area (Å²) in [5, 5.41) is 3.46. The number of ether oxygens (including phenoxy) is 2. The minimum absolute atomic E-state index is 0.119. The van der Waals surface area contributed by atoms with Gasteiger partial charge in [0, 0.05) is 25.2 Å². The van der Waals surface area contributed by atoms with Crippen molar-refractivity contribution in [1.29, 1.82) is 0 Å². The lowest BCUT2D eigenvalue weighted by Crippen LogP contribution is -2.45. The van der Waals surface area contributed by atoms with Crippen molar-refractivity contribution < 1.29 is 19.1 Å². The molecular formula is C21H27N3O4. The van der Waals surface area contributed by atoms with Gasteiger partial charge in [0.25, 0.3) is 11.8 Å². The highest BCUT2D eigenvalue weighted by Gasteiger charge is 2.42. The Morgan fingerprint density at radius 2 is 1.75 bits per heavy atom. The number of rotatable bonds is 2. The second kappa shape index (κ2) is 7.13. The minimum Gasteiger partial charge on any atom is -0.371 e. The van der Waals surface area contributed by atoms with E-state index in [1.54, 1.807) is 6.07 Å². The Kier molecular flexibility index (Phi) is 4.61. The first-order chi connectivity index (χ1) is 13.7. The van der Waals surface area contributed by atoms with Crippen molar-refractivity contribution in [2.45, 2.75) is 38.3 Å². The zero-order valence-corrected chi connectivity index (χ0v) is 16.1. The Morgan fingerprint density at radius 1 is 1.00 bits per heavy atom. The number of imide groups is 1. The third kappa shape index (κ3) is 3.02. The molecule has 0 aliphatic carbocycles. The summed E-state index contributed by atoms with van der Waals surface area (Å²) in [5.74, 6) is -0.508. The van der Waals surface area contributed by atoms with Crippen LogP contribution in [0, 0.1) is 5.41 Å². The highest BCUT2D eigenvalue weighted by atomic mass is 16.7. The molecule has 4 heterocycles. The van der Waals surface area contributed by atoms with Crippen LogP contribution in [0.5, 0.6) is 0 Å². The van der Waals surface area contributed by atoms with Gasteiger partial charge in [-0.25, -0.2) is 4.90 Å². The van der Waals surface area contributed by atoms with E-state index in [4.69, 9.17) is 9.47 Å². The molecule has 4 aliphatic rings. The predicted octanol–water partition coefficient (Wildman–Crippen LogP) is 1.97. The molecule has 1 unspecified atom stereocenters. The van der Waals surface area contributed by atoms with E-state index in [1.807, 2.05) is 12.1 Å². The first-order valence-electron chi connectivity index (χ1n) is 10.3. The largest absolute Gasteiger partial charge is 0.371 e. The number of fused-ring (bicyclic) bond motifs is 1. The SMILES string of the molecule is O=C1c2ccc(N3CCC4(CCNCC4)CC3)cc2C(=O)N1C1CCOCO1. The fraction of sp³-hybridized carbons (Fsp3) is 0.619. The summed E-state index contributed by atoms with van der Waals surface area (Å²) < 4.78 is 10.7. The number of amides is 2. The second-order valence-electron chi connectivity index (χ2n) is 8.38. The zero-order valence-electron chi connectivity index (χ0n) is 16.1. The average Bonchev–Trinajstić information content (AvgIpc) is 3.00. The molecule has 1 atom stereocenters. The van der Waals surface area contributed by atoms with Crippen LogP contribution in [0.25, 0.3) is 0 Å². The van der Waals surface area contributed by atoms with Crippen molar-refractivity contribution >= 4 is 17.5 Å². The van der Waals surface area contributed by atoms with Crippen molar-refractivity contribution in [3.8, 4) is 0 Å². The van der Waals surface area contributed by atoms with Gasteiger partial charge < -0.3 is 19.7 Å². The number of hydrogen-bond acceptors (Lipinski definition) is 6. The van der Waals surface area contributed by atoms with E-state index in [-0.39, 0.29) is 18.6 Å². The molecule has 3 fully saturated rings. The van der Waals surface area contributed by atoms with Gasteiger partial charge in [-0.2, -0.15) is 0 Å². The van der Waals surface area contributed by atoms with E-state index in [0.717, 1.165) is 31.9 Å². The zero-order chi connectivity index (χ0) is 19.1. The lowest BCUT2D eigenvalue weighted by Gasteiger charge is -2.45. The van der Waals surface area contributed by atoms with Crippen LogP contribution in [0.3, 0.4) is 0 Å². The molecule has 7 nitrogen and oxygen atoms in total. The number of carbonyl (C=O) groups is 2. The first kappa shape index (κ1) is 18.1. The van der Waals surface area contributed by atoms with Crippen LogP contribution >= 0.6 is 0 Å². The predicted molar refractivity (Wildman–Crippen MR) is 103 cm³/mol. The number of hydrogen-bond donors (Lipinski definition) is 1. The standard InChI is InChI=1S/C21H27N3O4/c25-19-16-2-1-15(23-10-6-21(7-11-23)4-8-22-9-5-21)13-17(16)20(26)24(19)18-3-12-27-14-28-18/h1-2,13,18,22H,3-12,14H2. The lowest BCUT2D eigenvalue weighted by molar-refractivity contribution is -0.169. The van der Waals surface area contributed by atoms with Crippen molar-refractivity contribution in [2.24, 2.45) is 5.41 Å². The van der Waals surface area contributed by atoms with Crippen LogP contribution in [-0.4, -0.2) is 62.5 Å². The molecule has 1 N–H and O–H groups in total. The molecule has 28 heavy (non-hydrogen) atoms. The lowest BCUT2D eigenvalue weighted by atomic mass is 9.71. The summed E-state index contributed by atoms with van der Waals surface area (Å²) in [6.07, 6.45) is 4.90. The number of piperidine rings is 2. The Morgan fingerprint density at radius 3 is 2.46 bits per heavy atom. The molecule has 1 aromatic carbocycles. The number of nitrogens with zero attached hydrogens (tertiary/aromatic N) is 2. The molecule has 5 rings (SSSR count). The van der Waals surface area contributed by atoms with Gasteiger partial charge >= 0.3 is 0 Å². The van der Waals surface area contributed by atoms with Gasteiger partial charge in [0.1, 0.15) is 13.0 Å². The van der Waals surface area contributed by atoms with Gasteiger partial charge in [-0.1, -0.05) is 0 Å². The molecule has 4 aliphatic heterocycles. The third-order valence-corrected chi connectivity index (χ3v) is 6.90. The number of benzene rings is 1. The van der Waals surface area contributed by atoms with Crippen molar-refractivity contribution in [1.82, 2.24) is 10.2 Å². The number of carbonyl (C=O) groups excluding carboxylic acids is 2. The van der Waals surface area contributed by atoms with Crippen LogP contribution in [-0.2, 0) is 9.47 Å². The number of anilines is 1. The van der Waals surface area contributed by atoms with E-state index in [9.17, 15) is 9.59 Å². The van der Waals surface area contributed by atoms with Crippen LogP contribution in [0.4, 0.5) is 5.69 Å². The van der Waals surface area contributed by atoms with Crippen LogP contribution in [0.2, 0.25) is 0 Å². The summed E-state index contributed by atoms with van der Waals surface area (Å²) in [4.78, 5) is 29.3. The number of nitrogens with one attached hydrogen (secondary N) is 1. The van der Waals surface area contributed by atoms with E-state index in [0.29, 0.717) is 29.6 Å². The van der Waals surface area contributed by atoms with Gasteiger partial charge in [-0.3, -0.25) is 9.59 Å². The molecule has 150 valence electrons. The molecule has 7 heteroatoms. The van der Waals surface area contributed by atoms with Crippen LogP contribution in [0.1, 0.15) is 52.8 Å². The summed E-state index contributed by atoms with van der Waals surface area (Å²) in [6, 6.07) is 5.69. The Labute approximate surface area is 165 Å². The molecule has 0 bridgehead atoms. The van der Waals surface area contributed by atoms with Crippen LogP contribution < -0.4 is 10.2 Å². The van der Waals surface area contributed by atoms with Crippen molar-refractivity contribution in [3.05, 3.63) is 29.3 Å². The van der Waals surface area contributed by atoms with E-state index >= 15 is 0 Å². The monoisotopic (exact) mass is 385 g/mol. The maximum atomic E-state index is 12.9. The fourth-order valence-electron chi connectivity index (χ4n) is 5.06. The first-order valence-corrected chi connectivity index (χ1v) is 10.3. The average molecular weight is 385 g/mol. The maximum Gasteiger partial charge on any atom is 0.263 e. The van der Waals surface area contributed by atoms with Gasteiger partial charge in [-0.05, 0) is 62.4 Å². The smallest absolute Gasteiger partial charge is 0.263 e. The van der Waals surface area contributed by atoms with E-state index in [1.165, 1.54) is 30.6 Å². The van der Waals surface area contributed by atoms with Gasteiger partial charge in [0.05, 0.1) is 17.7 Å². The topological polar surface area (TPSA) is 71.1 Å². The molecular weight excluding hydrogens is 358 g/mol. The Balaban J connectivity index is 1.33. The highest BCUT2D eigenvalue weighted by Crippen LogP contribution is 2.41. The molecule has 1 aromatic rings. The maximum absolute atomic E-state index is 12.9. The molecule has 1 spiro atoms. The Bertz CT molecular complexity index is 774. The normalized spacial score (nSPS) is 27.4. The molecule has 2 amide bonds. The second-order valence-corrected chi connectivity index (χ2v) is 8.38. The summed E-state index contributed by atoms with van der Waals surface area (Å²) in [5.41, 5.74) is 2.51. The Hall–Kier alpha value is -1.96.